The quantitative estimate of drug-likeness (QED) is 0.194. The second kappa shape index (κ2) is 14.7. The monoisotopic (exact) mass is 647 g/mol. The number of carbonyl (C=O) groups excluding carboxylic acids is 2. The van der Waals surface area contributed by atoms with Gasteiger partial charge < -0.3 is 10.2 Å². The molecule has 1 saturated carbocycles. The lowest BCUT2D eigenvalue weighted by Gasteiger charge is -2.34. The van der Waals surface area contributed by atoms with E-state index in [9.17, 15) is 22.4 Å². The van der Waals surface area contributed by atoms with Gasteiger partial charge in [-0.15, -0.1) is 0 Å². The number of carbonyl (C=O) groups is 2. The lowest BCUT2D eigenvalue weighted by Crippen LogP contribution is -2.54. The molecule has 45 heavy (non-hydrogen) atoms. The molecule has 2 amide bonds. The molecule has 0 aliphatic heterocycles. The molecule has 0 aromatic heterocycles. The Morgan fingerprint density at radius 3 is 2.04 bits per heavy atom. The van der Waals surface area contributed by atoms with Crippen molar-refractivity contribution in [3.63, 3.8) is 0 Å². The van der Waals surface area contributed by atoms with Crippen molar-refractivity contribution < 1.29 is 22.4 Å². The molecule has 4 aromatic carbocycles. The highest BCUT2D eigenvalue weighted by Gasteiger charge is 2.35. The Bertz CT molecular complexity index is 1680. The highest BCUT2D eigenvalue weighted by Crippen LogP contribution is 2.27. The molecule has 0 spiro atoms. The van der Waals surface area contributed by atoms with Gasteiger partial charge in [0.25, 0.3) is 10.0 Å². The SMILES string of the molecule is O=C(NC1CCCC1)[C@@H](Cc1ccccc1)N(Cc1ccc(F)cc1)C(=O)CN(c1ccc(Cl)cc1)S(=O)(=O)c1ccccc1. The summed E-state index contributed by atoms with van der Waals surface area (Å²) < 4.78 is 42.9. The molecule has 1 N–H and O–H groups in total. The summed E-state index contributed by atoms with van der Waals surface area (Å²) in [6.45, 7) is -0.614. The normalized spacial score (nSPS) is 14.1. The van der Waals surface area contributed by atoms with Crippen LogP contribution in [0.1, 0.15) is 36.8 Å². The Balaban J connectivity index is 1.55. The minimum absolute atomic E-state index is 0.00238. The smallest absolute Gasteiger partial charge is 0.264 e. The molecular formula is C35H35ClFN3O4S. The predicted octanol–water partition coefficient (Wildman–Crippen LogP) is 6.37. The maximum absolute atomic E-state index is 14.5. The molecule has 4 aromatic rings. The van der Waals surface area contributed by atoms with Crippen molar-refractivity contribution in [1.29, 1.82) is 0 Å². The first kappa shape index (κ1) is 32.2. The number of amides is 2. The largest absolute Gasteiger partial charge is 0.352 e. The van der Waals surface area contributed by atoms with Gasteiger partial charge >= 0.3 is 0 Å². The second-order valence-electron chi connectivity index (χ2n) is 11.1. The van der Waals surface area contributed by atoms with Gasteiger partial charge in [-0.1, -0.05) is 85.1 Å². The number of nitrogens with zero attached hydrogens (tertiary/aromatic N) is 2. The van der Waals surface area contributed by atoms with Crippen molar-refractivity contribution in [2.24, 2.45) is 0 Å². The third-order valence-electron chi connectivity index (χ3n) is 7.96. The summed E-state index contributed by atoms with van der Waals surface area (Å²) in [6.07, 6.45) is 3.95. The summed E-state index contributed by atoms with van der Waals surface area (Å²) in [5.74, 6) is -1.33. The highest BCUT2D eigenvalue weighted by molar-refractivity contribution is 7.92. The minimum Gasteiger partial charge on any atom is -0.352 e. The number of nitrogens with one attached hydrogen (secondary N) is 1. The molecule has 7 nitrogen and oxygen atoms in total. The van der Waals surface area contributed by atoms with Crippen LogP contribution in [0.2, 0.25) is 5.02 Å². The first-order chi connectivity index (χ1) is 21.7. The van der Waals surface area contributed by atoms with Gasteiger partial charge in [-0.2, -0.15) is 0 Å². The van der Waals surface area contributed by atoms with E-state index in [2.05, 4.69) is 5.32 Å². The summed E-state index contributed by atoms with van der Waals surface area (Å²) in [6, 6.07) is 28.1. The van der Waals surface area contributed by atoms with Crippen molar-refractivity contribution >= 4 is 39.1 Å². The standard InChI is InChI=1S/C35H35ClFN3O4S/c36-28-17-21-31(22-18-28)40(45(43,44)32-13-5-2-6-14-32)25-34(41)39(24-27-15-19-29(37)20-16-27)33(23-26-9-3-1-4-10-26)35(42)38-30-11-7-8-12-30/h1-6,9-10,13-22,30,33H,7-8,11-12,23-25H2,(H,38,42)/t33-/m1/s1. The van der Waals surface area contributed by atoms with Crippen LogP contribution in [-0.2, 0) is 32.6 Å². The third kappa shape index (κ3) is 8.29. The maximum Gasteiger partial charge on any atom is 0.264 e. The molecule has 0 radical (unpaired) electrons. The Morgan fingerprint density at radius 2 is 1.42 bits per heavy atom. The number of sulfonamides is 1. The van der Waals surface area contributed by atoms with Crippen LogP contribution < -0.4 is 9.62 Å². The van der Waals surface area contributed by atoms with Gasteiger partial charge in [0.1, 0.15) is 18.4 Å². The Kier molecular flexibility index (Phi) is 10.5. The second-order valence-corrected chi connectivity index (χ2v) is 13.4. The molecule has 1 atom stereocenters. The maximum atomic E-state index is 14.5. The number of rotatable bonds is 12. The summed E-state index contributed by atoms with van der Waals surface area (Å²) >= 11 is 6.11. The van der Waals surface area contributed by atoms with E-state index in [1.54, 1.807) is 42.5 Å². The van der Waals surface area contributed by atoms with Crippen molar-refractivity contribution in [3.8, 4) is 0 Å². The topological polar surface area (TPSA) is 86.8 Å². The van der Waals surface area contributed by atoms with E-state index in [1.807, 2.05) is 30.3 Å². The first-order valence-electron chi connectivity index (χ1n) is 14.9. The lowest BCUT2D eigenvalue weighted by atomic mass is 10.0. The number of anilines is 1. The molecular weight excluding hydrogens is 613 g/mol. The Morgan fingerprint density at radius 1 is 0.822 bits per heavy atom. The van der Waals surface area contributed by atoms with E-state index in [0.717, 1.165) is 35.6 Å². The van der Waals surface area contributed by atoms with Crippen LogP contribution in [0.25, 0.3) is 0 Å². The van der Waals surface area contributed by atoms with Crippen molar-refractivity contribution in [2.75, 3.05) is 10.8 Å². The van der Waals surface area contributed by atoms with Gasteiger partial charge in [0.2, 0.25) is 11.8 Å². The van der Waals surface area contributed by atoms with E-state index >= 15 is 0 Å². The van der Waals surface area contributed by atoms with E-state index in [-0.39, 0.29) is 35.5 Å². The predicted molar refractivity (Wildman–Crippen MR) is 174 cm³/mol. The molecule has 1 fully saturated rings. The van der Waals surface area contributed by atoms with E-state index in [1.165, 1.54) is 41.3 Å². The van der Waals surface area contributed by atoms with Crippen LogP contribution in [0.4, 0.5) is 10.1 Å². The molecule has 234 valence electrons. The van der Waals surface area contributed by atoms with Crippen molar-refractivity contribution in [2.45, 2.75) is 55.6 Å². The third-order valence-corrected chi connectivity index (χ3v) is 10.0. The fraction of sp³-hybridized carbons (Fsp3) is 0.257. The first-order valence-corrected chi connectivity index (χ1v) is 16.7. The molecule has 1 aliphatic rings. The van der Waals surface area contributed by atoms with Gasteiger partial charge in [-0.05, 0) is 72.5 Å². The average molecular weight is 648 g/mol. The molecule has 5 rings (SSSR count). The van der Waals surface area contributed by atoms with E-state index in [4.69, 9.17) is 11.6 Å². The summed E-state index contributed by atoms with van der Waals surface area (Å²) in [5, 5.41) is 3.55. The zero-order chi connectivity index (χ0) is 31.8. The Labute approximate surface area is 268 Å². The van der Waals surface area contributed by atoms with Gasteiger partial charge in [-0.25, -0.2) is 12.8 Å². The van der Waals surface area contributed by atoms with Crippen LogP contribution in [0.3, 0.4) is 0 Å². The molecule has 10 heteroatoms. The number of benzene rings is 4. The minimum atomic E-state index is -4.20. The summed E-state index contributed by atoms with van der Waals surface area (Å²) in [7, 11) is -4.20. The molecule has 0 saturated heterocycles. The summed E-state index contributed by atoms with van der Waals surface area (Å²) in [5.41, 5.74) is 1.68. The van der Waals surface area contributed by atoms with E-state index in [0.29, 0.717) is 10.6 Å². The van der Waals surface area contributed by atoms with Crippen LogP contribution in [0, 0.1) is 5.82 Å². The van der Waals surface area contributed by atoms with Gasteiger partial charge in [0, 0.05) is 24.0 Å². The number of hydrogen-bond acceptors (Lipinski definition) is 4. The number of halogens is 2. The molecule has 1 aliphatic carbocycles. The van der Waals surface area contributed by atoms with Gasteiger partial charge in [-0.3, -0.25) is 13.9 Å². The summed E-state index contributed by atoms with van der Waals surface area (Å²) in [4.78, 5) is 29.9. The highest BCUT2D eigenvalue weighted by atomic mass is 35.5. The van der Waals surface area contributed by atoms with Crippen LogP contribution in [0.15, 0.2) is 114 Å². The molecule has 0 bridgehead atoms. The van der Waals surface area contributed by atoms with Crippen LogP contribution >= 0.6 is 11.6 Å². The van der Waals surface area contributed by atoms with Gasteiger partial charge in [0.05, 0.1) is 10.6 Å². The zero-order valence-electron chi connectivity index (χ0n) is 24.7. The molecule has 0 heterocycles. The van der Waals surface area contributed by atoms with Crippen LogP contribution in [0.5, 0.6) is 0 Å². The molecule has 0 unspecified atom stereocenters. The lowest BCUT2D eigenvalue weighted by molar-refractivity contribution is -0.140. The van der Waals surface area contributed by atoms with E-state index < -0.39 is 34.3 Å². The van der Waals surface area contributed by atoms with Crippen molar-refractivity contribution in [3.05, 3.63) is 131 Å². The fourth-order valence-electron chi connectivity index (χ4n) is 5.56. The van der Waals surface area contributed by atoms with Crippen molar-refractivity contribution in [1.82, 2.24) is 10.2 Å². The fourth-order valence-corrected chi connectivity index (χ4v) is 7.12. The number of hydrogen-bond donors (Lipinski definition) is 1. The van der Waals surface area contributed by atoms with Crippen LogP contribution in [-0.4, -0.2) is 43.8 Å². The average Bonchev–Trinajstić information content (AvgIpc) is 3.57. The zero-order valence-corrected chi connectivity index (χ0v) is 26.3. The van der Waals surface area contributed by atoms with Gasteiger partial charge in [0.15, 0.2) is 0 Å². The Hall–Kier alpha value is -4.21.